The number of carbonyl (C=O) groups excluding carboxylic acids is 2. The van der Waals surface area contributed by atoms with Crippen LogP contribution in [0.1, 0.15) is 17.5 Å². The summed E-state index contributed by atoms with van der Waals surface area (Å²) >= 11 is 0. The first-order chi connectivity index (χ1) is 12.0. The van der Waals surface area contributed by atoms with E-state index in [1.807, 2.05) is 32.0 Å². The van der Waals surface area contributed by atoms with E-state index in [4.69, 9.17) is 0 Å². The highest BCUT2D eigenvalue weighted by atomic mass is 16.4. The standard InChI is InChI=1S/C18H28N4O3/c1-13-3-4-14(2)15(11-13)21-17(23)12-16(18(24)25)20-7-10-22-8-5-19-6-9-22/h3-4,11,16,19-20H,5-10,12H2,1-2H3,(H,21,23)(H,24,25)/p+2/t16-/m1/s1. The summed E-state index contributed by atoms with van der Waals surface area (Å²) in [4.78, 5) is 25.1. The van der Waals surface area contributed by atoms with Crippen LogP contribution in [0.2, 0.25) is 0 Å². The van der Waals surface area contributed by atoms with E-state index in [2.05, 4.69) is 10.6 Å². The molecule has 6 N–H and O–H groups in total. The molecule has 25 heavy (non-hydrogen) atoms. The molecular weight excluding hydrogens is 320 g/mol. The maximum Gasteiger partial charge on any atom is 0.230 e. The van der Waals surface area contributed by atoms with Gasteiger partial charge in [-0.2, -0.15) is 0 Å². The second-order valence-corrected chi connectivity index (χ2v) is 6.89. The van der Waals surface area contributed by atoms with Crippen LogP contribution < -0.4 is 26.0 Å². The van der Waals surface area contributed by atoms with Gasteiger partial charge in [0.25, 0.3) is 0 Å². The summed E-state index contributed by atoms with van der Waals surface area (Å²) in [7, 11) is 0. The summed E-state index contributed by atoms with van der Waals surface area (Å²) < 4.78 is 0. The number of anilines is 1. The minimum atomic E-state index is -1.18. The van der Waals surface area contributed by atoms with Gasteiger partial charge in [-0.1, -0.05) is 12.1 Å². The number of quaternary nitrogens is 3. The van der Waals surface area contributed by atoms with Crippen LogP contribution >= 0.6 is 0 Å². The van der Waals surface area contributed by atoms with Gasteiger partial charge in [-0.3, -0.25) is 4.79 Å². The minimum absolute atomic E-state index is 0.0845. The Balaban J connectivity index is 1.82. The summed E-state index contributed by atoms with van der Waals surface area (Å²) in [5, 5.41) is 18.2. The molecule has 1 aromatic rings. The van der Waals surface area contributed by atoms with Gasteiger partial charge in [0.1, 0.15) is 45.3 Å². The van der Waals surface area contributed by atoms with Crippen LogP contribution in [0.25, 0.3) is 0 Å². The van der Waals surface area contributed by atoms with Crippen LogP contribution in [0.4, 0.5) is 5.69 Å². The average Bonchev–Trinajstić information content (AvgIpc) is 2.58. The Bertz CT molecular complexity index is 600. The van der Waals surface area contributed by atoms with Gasteiger partial charge in [-0.25, -0.2) is 0 Å². The number of hydrogen-bond acceptors (Lipinski definition) is 3. The fourth-order valence-corrected chi connectivity index (χ4v) is 3.15. The van der Waals surface area contributed by atoms with E-state index >= 15 is 0 Å². The Hall–Kier alpha value is -1.96. The van der Waals surface area contributed by atoms with Crippen molar-refractivity contribution in [3.05, 3.63) is 29.3 Å². The second-order valence-electron chi connectivity index (χ2n) is 6.89. The number of aryl methyl sites for hydroxylation is 2. The van der Waals surface area contributed by atoms with Crippen molar-refractivity contribution in [2.75, 3.05) is 44.6 Å². The van der Waals surface area contributed by atoms with E-state index in [1.54, 1.807) is 5.32 Å². The first-order valence-electron chi connectivity index (χ1n) is 9.02. The van der Waals surface area contributed by atoms with Crippen molar-refractivity contribution < 1.29 is 30.2 Å². The molecule has 7 heteroatoms. The van der Waals surface area contributed by atoms with Crippen molar-refractivity contribution in [3.8, 4) is 0 Å². The maximum absolute atomic E-state index is 12.2. The number of carboxylic acid groups (broad SMARTS) is 1. The Morgan fingerprint density at radius 2 is 2.04 bits per heavy atom. The molecule has 0 aromatic heterocycles. The Morgan fingerprint density at radius 3 is 2.72 bits per heavy atom. The van der Waals surface area contributed by atoms with Crippen LogP contribution in [-0.2, 0) is 9.59 Å². The third kappa shape index (κ3) is 6.45. The highest BCUT2D eigenvalue weighted by molar-refractivity contribution is 5.94. The van der Waals surface area contributed by atoms with Crippen molar-refractivity contribution in [1.82, 2.24) is 0 Å². The van der Waals surface area contributed by atoms with E-state index in [1.165, 1.54) is 4.90 Å². The average molecular weight is 350 g/mol. The second kappa shape index (κ2) is 9.50. The number of nitrogens with two attached hydrogens (primary N) is 2. The van der Waals surface area contributed by atoms with Gasteiger partial charge in [0.2, 0.25) is 5.91 Å². The molecule has 1 aliphatic rings. The molecule has 0 spiro atoms. The number of rotatable bonds is 8. The summed E-state index contributed by atoms with van der Waals surface area (Å²) in [5.74, 6) is -1.47. The van der Waals surface area contributed by atoms with Crippen LogP contribution in [0.15, 0.2) is 18.2 Å². The van der Waals surface area contributed by atoms with Crippen LogP contribution in [0, 0.1) is 13.8 Å². The molecule has 1 fully saturated rings. The van der Waals surface area contributed by atoms with Gasteiger partial charge < -0.3 is 30.8 Å². The van der Waals surface area contributed by atoms with E-state index in [0.717, 1.165) is 49.5 Å². The number of hydrogen-bond donors (Lipinski definition) is 4. The Morgan fingerprint density at radius 1 is 1.32 bits per heavy atom. The predicted octanol–water partition coefficient (Wildman–Crippen LogP) is -4.22. The molecule has 0 bridgehead atoms. The predicted molar refractivity (Wildman–Crippen MR) is 92.0 cm³/mol. The molecule has 1 aromatic carbocycles. The van der Waals surface area contributed by atoms with Gasteiger partial charge in [0.15, 0.2) is 0 Å². The molecule has 1 heterocycles. The highest BCUT2D eigenvalue weighted by Crippen LogP contribution is 2.16. The zero-order valence-electron chi connectivity index (χ0n) is 15.1. The molecular formula is C18H30N4O3+2. The van der Waals surface area contributed by atoms with Gasteiger partial charge in [0, 0.05) is 5.69 Å². The molecule has 1 saturated heterocycles. The number of benzene rings is 1. The molecule has 7 nitrogen and oxygen atoms in total. The molecule has 0 aliphatic carbocycles. The first kappa shape index (κ1) is 19.4. The van der Waals surface area contributed by atoms with Gasteiger partial charge >= 0.3 is 0 Å². The van der Waals surface area contributed by atoms with Crippen molar-refractivity contribution in [1.29, 1.82) is 0 Å². The monoisotopic (exact) mass is 350 g/mol. The third-order valence-electron chi connectivity index (χ3n) is 4.73. The smallest absolute Gasteiger partial charge is 0.230 e. The Labute approximate surface area is 148 Å². The molecule has 0 unspecified atom stereocenters. The van der Waals surface area contributed by atoms with Gasteiger partial charge in [-0.15, -0.1) is 0 Å². The molecule has 1 atom stereocenters. The fourth-order valence-electron chi connectivity index (χ4n) is 3.15. The van der Waals surface area contributed by atoms with E-state index in [9.17, 15) is 14.7 Å². The fraction of sp³-hybridized carbons (Fsp3) is 0.556. The lowest BCUT2D eigenvalue weighted by atomic mass is 10.1. The number of nitrogens with one attached hydrogen (secondary N) is 2. The van der Waals surface area contributed by atoms with Crippen LogP contribution in [0.5, 0.6) is 0 Å². The van der Waals surface area contributed by atoms with Gasteiger partial charge in [0.05, 0.1) is 12.4 Å². The topological polar surface area (TPSA) is 107 Å². The first-order valence-corrected chi connectivity index (χ1v) is 9.02. The lowest BCUT2D eigenvalue weighted by Crippen LogP contribution is -3.22. The number of piperazine rings is 1. The number of aliphatic carboxylic acids is 1. The van der Waals surface area contributed by atoms with Crippen molar-refractivity contribution in [2.24, 2.45) is 0 Å². The Kier molecular flexibility index (Phi) is 7.36. The SMILES string of the molecule is Cc1ccc(C)c(NC(=O)C[C@@H]([NH2+]CC[NH+]2CC[NH2+]CC2)C(=O)[O-])c1. The minimum Gasteiger partial charge on any atom is -0.544 e. The maximum atomic E-state index is 12.2. The molecule has 0 saturated carbocycles. The van der Waals surface area contributed by atoms with Crippen molar-refractivity contribution >= 4 is 17.6 Å². The van der Waals surface area contributed by atoms with Gasteiger partial charge in [-0.05, 0) is 31.0 Å². The number of carboxylic acids is 1. The number of amides is 1. The highest BCUT2D eigenvalue weighted by Gasteiger charge is 2.21. The molecule has 0 radical (unpaired) electrons. The largest absolute Gasteiger partial charge is 0.544 e. The summed E-state index contributed by atoms with van der Waals surface area (Å²) in [5.41, 5.74) is 2.74. The van der Waals surface area contributed by atoms with Crippen LogP contribution in [0.3, 0.4) is 0 Å². The van der Waals surface area contributed by atoms with Crippen molar-refractivity contribution in [2.45, 2.75) is 26.3 Å². The molecule has 2 rings (SSSR count). The zero-order chi connectivity index (χ0) is 18.2. The van der Waals surface area contributed by atoms with Crippen molar-refractivity contribution in [3.63, 3.8) is 0 Å². The normalized spacial score (nSPS) is 16.4. The van der Waals surface area contributed by atoms with E-state index in [-0.39, 0.29) is 12.3 Å². The number of carbonyl (C=O) groups is 2. The van der Waals surface area contributed by atoms with Crippen LogP contribution in [-0.4, -0.2) is 57.2 Å². The summed E-state index contributed by atoms with van der Waals surface area (Å²) in [6.45, 7) is 9.92. The summed E-state index contributed by atoms with van der Waals surface area (Å²) in [6.07, 6.45) is -0.0845. The zero-order valence-corrected chi connectivity index (χ0v) is 15.1. The third-order valence-corrected chi connectivity index (χ3v) is 4.73. The molecule has 138 valence electrons. The lowest BCUT2D eigenvalue weighted by Gasteiger charge is -2.23. The molecule has 1 aliphatic heterocycles. The quantitative estimate of drug-likeness (QED) is 0.382. The van der Waals surface area contributed by atoms with E-state index in [0.29, 0.717) is 6.54 Å². The van der Waals surface area contributed by atoms with E-state index < -0.39 is 12.0 Å². The summed E-state index contributed by atoms with van der Waals surface area (Å²) in [6, 6.07) is 4.96. The lowest BCUT2D eigenvalue weighted by molar-refractivity contribution is -0.955. The molecule has 1 amide bonds.